The van der Waals surface area contributed by atoms with Crippen molar-refractivity contribution in [2.45, 2.75) is 47.6 Å². The van der Waals surface area contributed by atoms with Crippen LogP contribution in [-0.2, 0) is 9.53 Å². The van der Waals surface area contributed by atoms with Crippen LogP contribution in [0.1, 0.15) is 58.4 Å². The Hall–Kier alpha value is -3.91. The minimum atomic E-state index is -0.848. The zero-order chi connectivity index (χ0) is 30.5. The summed E-state index contributed by atoms with van der Waals surface area (Å²) in [5.41, 5.74) is 5.31. The number of rotatable bonds is 6. The van der Waals surface area contributed by atoms with Gasteiger partial charge in [-0.1, -0.05) is 22.9 Å². The number of aryl methyl sites for hydroxylation is 2. The number of benzene rings is 1. The quantitative estimate of drug-likeness (QED) is 0.268. The standard InChI is InChI=1S/C31H29ClN4O4S2/c1-8-40-30(38)26-17(4)34-31-36(27(26)22-13-21(32)9-10-24(22)39-7)28(37)25(42-31)12-20-11-15(2)35(18(20)5)29-23(14-33)16(3)19(6)41-29/h9-13,27H,8H2,1-7H3/b25-12-/t27-/m1/s1. The highest BCUT2D eigenvalue weighted by atomic mass is 35.5. The Bertz CT molecular complexity index is 2020. The van der Waals surface area contributed by atoms with Crippen LogP contribution in [0.3, 0.4) is 0 Å². The summed E-state index contributed by atoms with van der Waals surface area (Å²) in [6.45, 7) is 11.6. The predicted molar refractivity (Wildman–Crippen MR) is 166 cm³/mol. The van der Waals surface area contributed by atoms with E-state index in [1.165, 1.54) is 23.0 Å². The lowest BCUT2D eigenvalue weighted by molar-refractivity contribution is -0.139. The molecule has 1 aliphatic rings. The molecule has 0 aliphatic carbocycles. The van der Waals surface area contributed by atoms with Crippen molar-refractivity contribution in [3.05, 3.63) is 98.8 Å². The molecule has 3 aromatic heterocycles. The monoisotopic (exact) mass is 620 g/mol. The van der Waals surface area contributed by atoms with E-state index in [1.807, 2.05) is 39.8 Å². The lowest BCUT2D eigenvalue weighted by atomic mass is 9.95. The van der Waals surface area contributed by atoms with Crippen LogP contribution < -0.4 is 19.6 Å². The summed E-state index contributed by atoms with van der Waals surface area (Å²) in [6, 6.07) is 8.61. The number of ether oxygens (including phenoxy) is 2. The number of allylic oxidation sites excluding steroid dienone is 1. The molecule has 11 heteroatoms. The Kier molecular flexibility index (Phi) is 8.03. The van der Waals surface area contributed by atoms with Gasteiger partial charge < -0.3 is 14.0 Å². The van der Waals surface area contributed by atoms with Gasteiger partial charge in [-0.3, -0.25) is 9.36 Å². The first kappa shape index (κ1) is 29.6. The Morgan fingerprint density at radius 2 is 1.93 bits per heavy atom. The van der Waals surface area contributed by atoms with Gasteiger partial charge in [-0.25, -0.2) is 9.79 Å². The van der Waals surface area contributed by atoms with Gasteiger partial charge in [0.15, 0.2) is 4.80 Å². The number of nitrogens with zero attached hydrogens (tertiary/aromatic N) is 4. The van der Waals surface area contributed by atoms with E-state index >= 15 is 0 Å². The number of carbonyl (C=O) groups is 1. The molecule has 8 nitrogen and oxygen atoms in total. The van der Waals surface area contributed by atoms with E-state index in [2.05, 4.69) is 15.6 Å². The molecule has 0 radical (unpaired) electrons. The summed E-state index contributed by atoms with van der Waals surface area (Å²) in [7, 11) is 1.53. The van der Waals surface area contributed by atoms with Crippen molar-refractivity contribution < 1.29 is 14.3 Å². The Labute approximate surface area is 256 Å². The smallest absolute Gasteiger partial charge is 0.338 e. The van der Waals surface area contributed by atoms with Gasteiger partial charge in [-0.05, 0) is 83.0 Å². The van der Waals surface area contributed by atoms with E-state index in [0.717, 1.165) is 32.4 Å². The van der Waals surface area contributed by atoms with Crippen molar-refractivity contribution in [2.24, 2.45) is 4.99 Å². The number of nitriles is 1. The molecule has 0 bridgehead atoms. The Morgan fingerprint density at radius 1 is 1.19 bits per heavy atom. The van der Waals surface area contributed by atoms with Gasteiger partial charge in [0.05, 0.1) is 35.1 Å². The van der Waals surface area contributed by atoms with Crippen LogP contribution >= 0.6 is 34.3 Å². The molecule has 0 N–H and O–H groups in total. The number of halogens is 1. The highest BCUT2D eigenvalue weighted by Crippen LogP contribution is 2.37. The minimum absolute atomic E-state index is 0.172. The number of aromatic nitrogens is 2. The number of fused-ring (bicyclic) bond motifs is 1. The summed E-state index contributed by atoms with van der Waals surface area (Å²) < 4.78 is 15.1. The van der Waals surface area contributed by atoms with E-state index in [0.29, 0.717) is 36.9 Å². The van der Waals surface area contributed by atoms with Gasteiger partial charge in [-0.15, -0.1) is 11.3 Å². The average Bonchev–Trinajstić information content (AvgIpc) is 3.51. The van der Waals surface area contributed by atoms with E-state index in [4.69, 9.17) is 21.1 Å². The van der Waals surface area contributed by atoms with Gasteiger partial charge >= 0.3 is 5.97 Å². The lowest BCUT2D eigenvalue weighted by Gasteiger charge is -2.26. The van der Waals surface area contributed by atoms with E-state index in [-0.39, 0.29) is 17.7 Å². The second kappa shape index (κ2) is 11.4. The molecule has 0 saturated carbocycles. The number of thiazole rings is 1. The summed E-state index contributed by atoms with van der Waals surface area (Å²) in [6.07, 6.45) is 1.84. The molecule has 4 heterocycles. The molecule has 42 heavy (non-hydrogen) atoms. The van der Waals surface area contributed by atoms with Crippen LogP contribution in [0.4, 0.5) is 0 Å². The maximum absolute atomic E-state index is 14.1. The van der Waals surface area contributed by atoms with Crippen molar-refractivity contribution in [1.29, 1.82) is 5.26 Å². The molecular formula is C31H29ClN4O4S2. The fraction of sp³-hybridized carbons (Fsp3) is 0.290. The third-order valence-corrected chi connectivity index (χ3v) is 9.85. The molecule has 0 unspecified atom stereocenters. The second-order valence-corrected chi connectivity index (χ2v) is 12.6. The summed E-state index contributed by atoms with van der Waals surface area (Å²) >= 11 is 9.22. The molecule has 0 saturated heterocycles. The van der Waals surface area contributed by atoms with Crippen LogP contribution in [-0.4, -0.2) is 28.8 Å². The number of methoxy groups -OCH3 is 1. The van der Waals surface area contributed by atoms with Gasteiger partial charge in [0.2, 0.25) is 0 Å². The van der Waals surface area contributed by atoms with Gasteiger partial charge in [-0.2, -0.15) is 5.26 Å². The molecule has 0 spiro atoms. The highest BCUT2D eigenvalue weighted by molar-refractivity contribution is 7.15. The zero-order valence-corrected chi connectivity index (χ0v) is 26.7. The lowest BCUT2D eigenvalue weighted by Crippen LogP contribution is -2.40. The molecular weight excluding hydrogens is 592 g/mol. The predicted octanol–water partition coefficient (Wildman–Crippen LogP) is 5.42. The van der Waals surface area contributed by atoms with Gasteiger partial charge in [0.25, 0.3) is 5.56 Å². The first-order chi connectivity index (χ1) is 20.0. The van der Waals surface area contributed by atoms with Crippen LogP contribution in [0.15, 0.2) is 45.3 Å². The normalized spacial score (nSPS) is 14.9. The average molecular weight is 621 g/mol. The number of carbonyl (C=O) groups excluding carboxylic acids is 1. The molecule has 1 aromatic carbocycles. The van der Waals surface area contributed by atoms with Crippen LogP contribution in [0.5, 0.6) is 5.75 Å². The maximum atomic E-state index is 14.1. The molecule has 216 valence electrons. The molecule has 0 fully saturated rings. The van der Waals surface area contributed by atoms with Gasteiger partial charge in [0.1, 0.15) is 22.9 Å². The number of hydrogen-bond donors (Lipinski definition) is 0. The summed E-state index contributed by atoms with van der Waals surface area (Å²) in [5, 5.41) is 11.2. The Balaban J connectivity index is 1.74. The van der Waals surface area contributed by atoms with Crippen LogP contribution in [0.25, 0.3) is 11.1 Å². The van der Waals surface area contributed by atoms with Crippen molar-refractivity contribution >= 4 is 46.3 Å². The van der Waals surface area contributed by atoms with Gasteiger partial charge in [0, 0.05) is 26.9 Å². The molecule has 5 rings (SSSR count). The molecule has 0 amide bonds. The van der Waals surface area contributed by atoms with Crippen molar-refractivity contribution in [1.82, 2.24) is 9.13 Å². The third-order valence-electron chi connectivity index (χ3n) is 7.44. The number of esters is 1. The van der Waals surface area contributed by atoms with E-state index in [1.54, 1.807) is 43.4 Å². The number of thiophene rings is 1. The zero-order valence-electron chi connectivity index (χ0n) is 24.3. The van der Waals surface area contributed by atoms with Crippen LogP contribution in [0, 0.1) is 39.0 Å². The SMILES string of the molecule is CCOC(=O)C1=C(C)N=c2s/c(=C\c3cc(C)n(-c4sc(C)c(C)c4C#N)c3C)c(=O)n2[C@@H]1c1cc(Cl)ccc1OC. The van der Waals surface area contributed by atoms with Crippen molar-refractivity contribution in [3.63, 3.8) is 0 Å². The highest BCUT2D eigenvalue weighted by Gasteiger charge is 2.35. The summed E-state index contributed by atoms with van der Waals surface area (Å²) in [5.74, 6) is -0.0766. The first-order valence-corrected chi connectivity index (χ1v) is 15.3. The maximum Gasteiger partial charge on any atom is 0.338 e. The fourth-order valence-electron chi connectivity index (χ4n) is 5.29. The second-order valence-electron chi connectivity index (χ2n) is 9.93. The summed E-state index contributed by atoms with van der Waals surface area (Å²) in [4.78, 5) is 33.6. The Morgan fingerprint density at radius 3 is 2.60 bits per heavy atom. The molecule has 1 atom stereocenters. The topological polar surface area (TPSA) is 98.6 Å². The third kappa shape index (κ3) is 4.81. The minimum Gasteiger partial charge on any atom is -0.496 e. The first-order valence-electron chi connectivity index (χ1n) is 13.2. The number of hydrogen-bond acceptors (Lipinski definition) is 8. The van der Waals surface area contributed by atoms with Crippen molar-refractivity contribution in [3.8, 4) is 16.8 Å². The fourth-order valence-corrected chi connectivity index (χ4v) is 7.73. The van der Waals surface area contributed by atoms with E-state index < -0.39 is 12.0 Å². The van der Waals surface area contributed by atoms with Crippen molar-refractivity contribution in [2.75, 3.05) is 13.7 Å². The largest absolute Gasteiger partial charge is 0.496 e. The molecule has 4 aromatic rings. The van der Waals surface area contributed by atoms with Crippen LogP contribution in [0.2, 0.25) is 5.02 Å². The molecule has 1 aliphatic heterocycles. The van der Waals surface area contributed by atoms with E-state index in [9.17, 15) is 14.9 Å².